The summed E-state index contributed by atoms with van der Waals surface area (Å²) in [7, 11) is 3.30. The zero-order chi connectivity index (χ0) is 15.8. The molecule has 0 bridgehead atoms. The molecule has 2 aromatic carbocycles. The van der Waals surface area contributed by atoms with E-state index in [2.05, 4.69) is 29.4 Å². The number of nitrogens with zero attached hydrogens (tertiary/aromatic N) is 1. The van der Waals surface area contributed by atoms with Gasteiger partial charge in [0.2, 0.25) is 0 Å². The summed E-state index contributed by atoms with van der Waals surface area (Å²) in [6, 6.07) is 16.4. The lowest BCUT2D eigenvalue weighted by atomic mass is 10.1. The van der Waals surface area contributed by atoms with Crippen molar-refractivity contribution in [3.63, 3.8) is 0 Å². The molecule has 0 unspecified atom stereocenters. The van der Waals surface area contributed by atoms with Gasteiger partial charge in [-0.15, -0.1) is 11.3 Å². The highest BCUT2D eigenvalue weighted by atomic mass is 32.1. The van der Waals surface area contributed by atoms with E-state index in [4.69, 9.17) is 9.47 Å². The van der Waals surface area contributed by atoms with Gasteiger partial charge in [-0.05, 0) is 29.7 Å². The van der Waals surface area contributed by atoms with Crippen LogP contribution in [0.1, 0.15) is 0 Å². The summed E-state index contributed by atoms with van der Waals surface area (Å²) >= 11 is 1.70. The molecule has 4 aromatic rings. The lowest BCUT2D eigenvalue weighted by molar-refractivity contribution is 0.356. The summed E-state index contributed by atoms with van der Waals surface area (Å²) < 4.78 is 11.9. The van der Waals surface area contributed by atoms with Gasteiger partial charge in [0.25, 0.3) is 0 Å². The van der Waals surface area contributed by atoms with Gasteiger partial charge in [-0.25, -0.2) is 4.98 Å². The molecule has 0 spiro atoms. The van der Waals surface area contributed by atoms with Gasteiger partial charge in [-0.3, -0.25) is 0 Å². The highest BCUT2D eigenvalue weighted by molar-refractivity contribution is 7.22. The minimum Gasteiger partial charge on any atom is -0.493 e. The van der Waals surface area contributed by atoms with Crippen LogP contribution in [-0.2, 0) is 0 Å². The third-order valence-electron chi connectivity index (χ3n) is 3.82. The molecule has 23 heavy (non-hydrogen) atoms. The smallest absolute Gasteiger partial charge is 0.162 e. The van der Waals surface area contributed by atoms with Crippen molar-refractivity contribution < 1.29 is 9.47 Å². The van der Waals surface area contributed by atoms with Gasteiger partial charge in [-0.2, -0.15) is 0 Å². The second-order valence-corrected chi connectivity index (χ2v) is 6.28. The first kappa shape index (κ1) is 14.0. The van der Waals surface area contributed by atoms with Crippen molar-refractivity contribution in [3.8, 4) is 21.9 Å². The molecule has 113 valence electrons. The van der Waals surface area contributed by atoms with Gasteiger partial charge < -0.3 is 9.47 Å². The molecule has 2 aromatic heterocycles. The van der Waals surface area contributed by atoms with Crippen LogP contribution < -0.4 is 9.47 Å². The number of pyridine rings is 1. The first-order valence-electron chi connectivity index (χ1n) is 7.22. The van der Waals surface area contributed by atoms with Gasteiger partial charge in [-0.1, -0.05) is 18.2 Å². The molecule has 4 heteroatoms. The van der Waals surface area contributed by atoms with Gasteiger partial charge in [0.05, 0.1) is 25.9 Å². The Bertz CT molecular complexity index is 966. The predicted octanol–water partition coefficient (Wildman–Crippen LogP) is 4.93. The molecule has 0 fully saturated rings. The fourth-order valence-corrected chi connectivity index (χ4v) is 3.68. The van der Waals surface area contributed by atoms with Crippen molar-refractivity contribution in [2.45, 2.75) is 0 Å². The Morgan fingerprint density at radius 3 is 2.52 bits per heavy atom. The highest BCUT2D eigenvalue weighted by Crippen LogP contribution is 2.39. The molecule has 0 aliphatic carbocycles. The van der Waals surface area contributed by atoms with Crippen LogP contribution in [0.15, 0.2) is 48.5 Å². The molecule has 2 heterocycles. The molecular weight excluding hydrogens is 306 g/mol. The van der Waals surface area contributed by atoms with E-state index in [1.165, 1.54) is 0 Å². The fraction of sp³-hybridized carbons (Fsp3) is 0.105. The molecule has 0 atom stereocenters. The normalized spacial score (nSPS) is 11.0. The molecule has 1 radical (unpaired) electrons. The Balaban J connectivity index is 1.87. The van der Waals surface area contributed by atoms with Gasteiger partial charge in [0.1, 0.15) is 0 Å². The van der Waals surface area contributed by atoms with Gasteiger partial charge in [0, 0.05) is 26.6 Å². The third-order valence-corrected chi connectivity index (χ3v) is 4.95. The van der Waals surface area contributed by atoms with Gasteiger partial charge >= 0.3 is 0 Å². The van der Waals surface area contributed by atoms with Crippen molar-refractivity contribution in [2.75, 3.05) is 14.2 Å². The molecule has 0 aliphatic rings. The summed E-state index contributed by atoms with van der Waals surface area (Å²) in [5, 5.41) is 2.25. The Morgan fingerprint density at radius 2 is 1.70 bits per heavy atom. The maximum atomic E-state index is 5.38. The topological polar surface area (TPSA) is 31.4 Å². The van der Waals surface area contributed by atoms with E-state index in [-0.39, 0.29) is 0 Å². The molecule has 3 nitrogen and oxygen atoms in total. The number of para-hydroxylation sites is 1. The predicted molar refractivity (Wildman–Crippen MR) is 94.5 cm³/mol. The zero-order valence-corrected chi connectivity index (χ0v) is 13.6. The Labute approximate surface area is 138 Å². The van der Waals surface area contributed by atoms with Gasteiger partial charge in [0.15, 0.2) is 11.5 Å². The van der Waals surface area contributed by atoms with Crippen LogP contribution in [0.4, 0.5) is 0 Å². The van der Waals surface area contributed by atoms with E-state index in [9.17, 15) is 0 Å². The molecular formula is C19H14NO2S. The Kier molecular flexibility index (Phi) is 3.39. The number of hydrogen-bond donors (Lipinski definition) is 0. The number of fused-ring (bicyclic) bond motifs is 2. The van der Waals surface area contributed by atoms with Crippen LogP contribution in [0.25, 0.3) is 31.4 Å². The second kappa shape index (κ2) is 5.56. The molecule has 0 amide bonds. The molecule has 0 aliphatic heterocycles. The number of ether oxygens (including phenoxy) is 2. The van der Waals surface area contributed by atoms with Crippen LogP contribution in [0.2, 0.25) is 0 Å². The zero-order valence-electron chi connectivity index (χ0n) is 12.8. The van der Waals surface area contributed by atoms with Crippen LogP contribution in [0.5, 0.6) is 11.5 Å². The number of aromatic nitrogens is 1. The first-order valence-corrected chi connectivity index (χ1v) is 8.03. The molecule has 4 rings (SSSR count). The van der Waals surface area contributed by atoms with E-state index in [1.54, 1.807) is 25.6 Å². The second-order valence-electron chi connectivity index (χ2n) is 5.20. The van der Waals surface area contributed by atoms with Crippen molar-refractivity contribution in [1.82, 2.24) is 4.98 Å². The minimum absolute atomic E-state index is 0.741. The third kappa shape index (κ3) is 2.41. The van der Waals surface area contributed by atoms with Crippen molar-refractivity contribution in [2.24, 2.45) is 0 Å². The summed E-state index contributed by atoms with van der Waals surface area (Å²) in [6.45, 7) is 0. The standard InChI is InChI=1S/C19H14NO2S/c1-21-16-8-13-9-18(23-19(13)10-17(16)22-2)14-7-12-5-3-4-6-15(12)20-11-14/h3-10H,1-2H3. The minimum atomic E-state index is 0.741. The summed E-state index contributed by atoms with van der Waals surface area (Å²) in [5.74, 6) is 1.49. The van der Waals surface area contributed by atoms with E-state index >= 15 is 0 Å². The van der Waals surface area contributed by atoms with Crippen LogP contribution in [0, 0.1) is 6.20 Å². The molecule has 0 saturated heterocycles. The van der Waals surface area contributed by atoms with Crippen molar-refractivity contribution in [3.05, 3.63) is 54.7 Å². The summed E-state index contributed by atoms with van der Waals surface area (Å²) in [4.78, 5) is 5.56. The average molecular weight is 320 g/mol. The van der Waals surface area contributed by atoms with E-state index in [0.29, 0.717) is 0 Å². The van der Waals surface area contributed by atoms with E-state index in [1.807, 2.05) is 30.3 Å². The monoisotopic (exact) mass is 320 g/mol. The van der Waals surface area contributed by atoms with Crippen LogP contribution in [-0.4, -0.2) is 19.2 Å². The van der Waals surface area contributed by atoms with E-state index in [0.717, 1.165) is 42.9 Å². The van der Waals surface area contributed by atoms with Crippen molar-refractivity contribution in [1.29, 1.82) is 0 Å². The number of methoxy groups -OCH3 is 2. The Morgan fingerprint density at radius 1 is 0.913 bits per heavy atom. The largest absolute Gasteiger partial charge is 0.493 e. The average Bonchev–Trinajstić information content (AvgIpc) is 3.02. The maximum Gasteiger partial charge on any atom is 0.162 e. The van der Waals surface area contributed by atoms with Crippen LogP contribution >= 0.6 is 11.3 Å². The lowest BCUT2D eigenvalue weighted by Crippen LogP contribution is -1.89. The number of benzene rings is 2. The Hall–Kier alpha value is -2.59. The lowest BCUT2D eigenvalue weighted by Gasteiger charge is -2.06. The van der Waals surface area contributed by atoms with Crippen molar-refractivity contribution >= 4 is 32.3 Å². The van der Waals surface area contributed by atoms with E-state index < -0.39 is 0 Å². The SMILES string of the molecule is COc1cc2cc(-c3[c]nc4ccccc4c3)sc2cc1OC. The first-order chi connectivity index (χ1) is 11.3. The number of hydrogen-bond acceptors (Lipinski definition) is 4. The summed E-state index contributed by atoms with van der Waals surface area (Å²) in [5.41, 5.74) is 1.96. The quantitative estimate of drug-likeness (QED) is 0.536. The molecule has 0 saturated carbocycles. The highest BCUT2D eigenvalue weighted by Gasteiger charge is 2.11. The molecule has 0 N–H and O–H groups in total. The number of rotatable bonds is 3. The number of thiophene rings is 1. The van der Waals surface area contributed by atoms with Crippen LogP contribution in [0.3, 0.4) is 0 Å². The summed E-state index contributed by atoms with van der Waals surface area (Å²) in [6.07, 6.45) is 3.14. The maximum absolute atomic E-state index is 5.38. The fourth-order valence-electron chi connectivity index (χ4n) is 2.64.